The molecule has 3 rings (SSSR count). The number of esters is 1. The predicted octanol–water partition coefficient (Wildman–Crippen LogP) is 4.50. The first kappa shape index (κ1) is 19.2. The normalized spacial score (nSPS) is 15.7. The van der Waals surface area contributed by atoms with Crippen LogP contribution in [0.1, 0.15) is 30.0 Å². The number of carbonyl (C=O) groups is 1. The fourth-order valence-corrected chi connectivity index (χ4v) is 3.08. The quantitative estimate of drug-likeness (QED) is 0.563. The maximum atomic E-state index is 12.0. The van der Waals surface area contributed by atoms with Gasteiger partial charge in [0.05, 0.1) is 6.04 Å². The van der Waals surface area contributed by atoms with Crippen LogP contribution >= 0.6 is 12.4 Å². The van der Waals surface area contributed by atoms with Crippen molar-refractivity contribution in [3.63, 3.8) is 0 Å². The van der Waals surface area contributed by atoms with Gasteiger partial charge < -0.3 is 4.74 Å². The first-order valence-corrected chi connectivity index (χ1v) is 8.52. The summed E-state index contributed by atoms with van der Waals surface area (Å²) >= 11 is 0. The van der Waals surface area contributed by atoms with Crippen molar-refractivity contribution in [2.45, 2.75) is 18.9 Å². The second kappa shape index (κ2) is 10.0. The highest BCUT2D eigenvalue weighted by molar-refractivity contribution is 5.87. The zero-order chi connectivity index (χ0) is 16.6. The summed E-state index contributed by atoms with van der Waals surface area (Å²) in [5.41, 5.74) is 2.20. The molecule has 2 aromatic rings. The van der Waals surface area contributed by atoms with Gasteiger partial charge in [-0.15, -0.1) is 12.4 Å². The third kappa shape index (κ3) is 5.73. The number of hydrogen-bond acceptors (Lipinski definition) is 3. The van der Waals surface area contributed by atoms with E-state index in [1.54, 1.807) is 6.08 Å². The number of likely N-dealkylation sites (tertiary alicyclic amines) is 1. The fraction of sp³-hybridized carbons (Fsp3) is 0.286. The predicted molar refractivity (Wildman–Crippen MR) is 104 cm³/mol. The summed E-state index contributed by atoms with van der Waals surface area (Å²) in [6, 6.07) is 20.2. The van der Waals surface area contributed by atoms with Crippen molar-refractivity contribution in [3.05, 3.63) is 77.9 Å². The van der Waals surface area contributed by atoms with Crippen molar-refractivity contribution in [2.75, 3.05) is 19.7 Å². The first-order valence-electron chi connectivity index (χ1n) is 8.52. The summed E-state index contributed by atoms with van der Waals surface area (Å²) in [5, 5.41) is 0. The average molecular weight is 358 g/mol. The molecule has 1 aliphatic rings. The largest absolute Gasteiger partial charge is 0.460 e. The molecule has 132 valence electrons. The second-order valence-corrected chi connectivity index (χ2v) is 6.04. The van der Waals surface area contributed by atoms with Gasteiger partial charge in [-0.25, -0.2) is 4.79 Å². The molecule has 0 N–H and O–H groups in total. The van der Waals surface area contributed by atoms with Crippen LogP contribution in [0.2, 0.25) is 0 Å². The van der Waals surface area contributed by atoms with E-state index in [0.717, 1.165) is 18.7 Å². The van der Waals surface area contributed by atoms with Gasteiger partial charge in [-0.3, -0.25) is 4.90 Å². The van der Waals surface area contributed by atoms with Gasteiger partial charge in [-0.1, -0.05) is 60.7 Å². The molecule has 2 aromatic carbocycles. The van der Waals surface area contributed by atoms with Gasteiger partial charge in [-0.2, -0.15) is 0 Å². The van der Waals surface area contributed by atoms with E-state index in [-0.39, 0.29) is 24.4 Å². The zero-order valence-corrected chi connectivity index (χ0v) is 15.0. The number of benzene rings is 2. The summed E-state index contributed by atoms with van der Waals surface area (Å²) < 4.78 is 5.53. The minimum atomic E-state index is -0.293. The van der Waals surface area contributed by atoms with E-state index in [9.17, 15) is 4.79 Å². The van der Waals surface area contributed by atoms with Crippen molar-refractivity contribution >= 4 is 24.5 Å². The Morgan fingerprint density at radius 2 is 1.60 bits per heavy atom. The van der Waals surface area contributed by atoms with Gasteiger partial charge in [0, 0.05) is 6.08 Å². The number of rotatable bonds is 6. The summed E-state index contributed by atoms with van der Waals surface area (Å²) in [4.78, 5) is 14.4. The molecule has 0 amide bonds. The highest BCUT2D eigenvalue weighted by Gasteiger charge is 2.24. The molecule has 1 fully saturated rings. The highest BCUT2D eigenvalue weighted by atomic mass is 35.5. The van der Waals surface area contributed by atoms with E-state index in [1.165, 1.54) is 24.5 Å². The first-order chi connectivity index (χ1) is 11.8. The van der Waals surface area contributed by atoms with Crippen molar-refractivity contribution in [1.82, 2.24) is 4.90 Å². The van der Waals surface area contributed by atoms with Gasteiger partial charge in [0.2, 0.25) is 0 Å². The van der Waals surface area contributed by atoms with Crippen LogP contribution in [0, 0.1) is 0 Å². The Morgan fingerprint density at radius 3 is 2.24 bits per heavy atom. The molecule has 4 heteroatoms. The Hall–Kier alpha value is -2.10. The fourth-order valence-electron chi connectivity index (χ4n) is 3.08. The summed E-state index contributed by atoms with van der Waals surface area (Å²) in [6.07, 6.45) is 5.72. The topological polar surface area (TPSA) is 29.5 Å². The number of nitrogens with zero attached hydrogens (tertiary/aromatic N) is 1. The molecule has 0 bridgehead atoms. The van der Waals surface area contributed by atoms with Gasteiger partial charge in [0.25, 0.3) is 0 Å². The lowest BCUT2D eigenvalue weighted by Gasteiger charge is -2.27. The molecule has 0 radical (unpaired) electrons. The molecule has 1 saturated heterocycles. The lowest BCUT2D eigenvalue weighted by atomic mass is 10.1. The number of ether oxygens (including phenoxy) is 1. The average Bonchev–Trinajstić information content (AvgIpc) is 3.16. The van der Waals surface area contributed by atoms with E-state index in [1.807, 2.05) is 48.5 Å². The van der Waals surface area contributed by atoms with Gasteiger partial charge >= 0.3 is 5.97 Å². The lowest BCUT2D eigenvalue weighted by molar-refractivity contribution is -0.139. The SMILES string of the molecule is Cl.O=C(/C=C/c1ccccc1)OCC(c1ccccc1)N1CCCC1. The van der Waals surface area contributed by atoms with Crippen LogP contribution in [0.3, 0.4) is 0 Å². The van der Waals surface area contributed by atoms with Crippen molar-refractivity contribution < 1.29 is 9.53 Å². The Labute approximate surface area is 155 Å². The Bertz CT molecular complexity index is 667. The van der Waals surface area contributed by atoms with E-state index >= 15 is 0 Å². The van der Waals surface area contributed by atoms with E-state index in [2.05, 4.69) is 17.0 Å². The molecule has 0 spiro atoms. The number of carbonyl (C=O) groups excluding carboxylic acids is 1. The van der Waals surface area contributed by atoms with Crippen LogP contribution in [0.5, 0.6) is 0 Å². The highest BCUT2D eigenvalue weighted by Crippen LogP contribution is 2.25. The smallest absolute Gasteiger partial charge is 0.330 e. The molecule has 0 saturated carbocycles. The lowest BCUT2D eigenvalue weighted by Crippen LogP contribution is -2.29. The van der Waals surface area contributed by atoms with Crippen LogP contribution in [0.15, 0.2) is 66.7 Å². The molecular weight excluding hydrogens is 334 g/mol. The monoisotopic (exact) mass is 357 g/mol. The van der Waals surface area contributed by atoms with Crippen LogP contribution < -0.4 is 0 Å². The zero-order valence-electron chi connectivity index (χ0n) is 14.2. The van der Waals surface area contributed by atoms with Crippen molar-refractivity contribution in [3.8, 4) is 0 Å². The standard InChI is InChI=1S/C21H23NO2.ClH/c23-21(14-13-18-9-3-1-4-10-18)24-17-20(22-15-7-8-16-22)19-11-5-2-6-12-19;/h1-6,9-14,20H,7-8,15-17H2;1H/b14-13+;. The van der Waals surface area contributed by atoms with Crippen LogP contribution in [0.4, 0.5) is 0 Å². The third-order valence-electron chi connectivity index (χ3n) is 4.36. The number of halogens is 1. The third-order valence-corrected chi connectivity index (χ3v) is 4.36. The van der Waals surface area contributed by atoms with Crippen LogP contribution in [-0.2, 0) is 9.53 Å². The van der Waals surface area contributed by atoms with Crippen molar-refractivity contribution in [1.29, 1.82) is 0 Å². The maximum Gasteiger partial charge on any atom is 0.330 e. The van der Waals surface area contributed by atoms with Gasteiger partial charge in [0.15, 0.2) is 0 Å². The number of hydrogen-bond donors (Lipinski definition) is 0. The second-order valence-electron chi connectivity index (χ2n) is 6.04. The Balaban J connectivity index is 0.00000225. The summed E-state index contributed by atoms with van der Waals surface area (Å²) in [7, 11) is 0. The minimum Gasteiger partial charge on any atom is -0.460 e. The van der Waals surface area contributed by atoms with Gasteiger partial charge in [0.1, 0.15) is 6.61 Å². The van der Waals surface area contributed by atoms with E-state index < -0.39 is 0 Å². The summed E-state index contributed by atoms with van der Waals surface area (Å²) in [5.74, 6) is -0.293. The van der Waals surface area contributed by atoms with Crippen molar-refractivity contribution in [2.24, 2.45) is 0 Å². The Kier molecular flexibility index (Phi) is 7.71. The molecule has 25 heavy (non-hydrogen) atoms. The molecule has 1 atom stereocenters. The van der Waals surface area contributed by atoms with Gasteiger partial charge in [-0.05, 0) is 43.1 Å². The molecule has 0 aromatic heterocycles. The van der Waals surface area contributed by atoms with Crippen LogP contribution in [-0.4, -0.2) is 30.6 Å². The molecule has 1 unspecified atom stereocenters. The molecule has 3 nitrogen and oxygen atoms in total. The van der Waals surface area contributed by atoms with Crippen LogP contribution in [0.25, 0.3) is 6.08 Å². The maximum absolute atomic E-state index is 12.0. The molecule has 1 aliphatic heterocycles. The van der Waals surface area contributed by atoms with E-state index in [4.69, 9.17) is 4.74 Å². The van der Waals surface area contributed by atoms with E-state index in [0.29, 0.717) is 6.61 Å². The Morgan fingerprint density at radius 1 is 1.00 bits per heavy atom. The minimum absolute atomic E-state index is 0. The molecular formula is C21H24ClNO2. The molecule has 0 aliphatic carbocycles. The summed E-state index contributed by atoms with van der Waals surface area (Å²) in [6.45, 7) is 2.52. The molecule has 1 heterocycles.